The summed E-state index contributed by atoms with van der Waals surface area (Å²) in [6.07, 6.45) is 7.19. The Morgan fingerprint density at radius 2 is 1.23 bits per heavy atom. The fraction of sp³-hybridized carbons (Fsp3) is 0.256. The van der Waals surface area contributed by atoms with Gasteiger partial charge in [-0.2, -0.15) is 0 Å². The molecule has 0 spiro atoms. The third kappa shape index (κ3) is 9.09. The predicted molar refractivity (Wildman–Crippen MR) is 204 cm³/mol. The number of fused-ring (bicyclic) bond motifs is 2. The SMILES string of the molecule is CN(C)CCc1c[nH]c2c(F)ccc(OCc3ccccc3)c12.CN(C)CCc1cn(Cc2ccco2)c2c(F)ccc(OCc3ccccc3)c12. The first kappa shape index (κ1) is 36.4. The van der Waals surface area contributed by atoms with Crippen LogP contribution in [0.5, 0.6) is 11.5 Å². The number of nitrogens with one attached hydrogen (secondary N) is 1. The minimum Gasteiger partial charge on any atom is -0.488 e. The lowest BCUT2D eigenvalue weighted by Gasteiger charge is -2.12. The van der Waals surface area contributed by atoms with Crippen LogP contribution in [-0.4, -0.2) is 60.6 Å². The molecule has 270 valence electrons. The summed E-state index contributed by atoms with van der Waals surface area (Å²) in [5, 5.41) is 1.69. The molecule has 1 N–H and O–H groups in total. The molecule has 3 aromatic heterocycles. The summed E-state index contributed by atoms with van der Waals surface area (Å²) in [5.41, 5.74) is 5.40. The summed E-state index contributed by atoms with van der Waals surface area (Å²) in [6.45, 7) is 3.17. The highest BCUT2D eigenvalue weighted by atomic mass is 19.1. The lowest BCUT2D eigenvalue weighted by molar-refractivity contribution is 0.309. The molecule has 4 aromatic carbocycles. The fourth-order valence-electron chi connectivity index (χ4n) is 6.19. The van der Waals surface area contributed by atoms with Crippen LogP contribution >= 0.6 is 0 Å². The van der Waals surface area contributed by atoms with E-state index in [1.807, 2.05) is 118 Å². The van der Waals surface area contributed by atoms with Gasteiger partial charge < -0.3 is 33.2 Å². The number of nitrogens with zero attached hydrogens (tertiary/aromatic N) is 3. The maximum absolute atomic E-state index is 14.9. The van der Waals surface area contributed by atoms with Gasteiger partial charge in [0.15, 0.2) is 0 Å². The second kappa shape index (κ2) is 17.2. The van der Waals surface area contributed by atoms with Gasteiger partial charge in [0.2, 0.25) is 0 Å². The monoisotopic (exact) mass is 704 g/mol. The normalized spacial score (nSPS) is 11.4. The Labute approximate surface area is 304 Å². The zero-order valence-electron chi connectivity index (χ0n) is 30.2. The first-order valence-electron chi connectivity index (χ1n) is 17.5. The zero-order chi connectivity index (χ0) is 36.5. The number of likely N-dealkylation sites (N-methyl/N-ethyl adjacent to an activating group) is 2. The van der Waals surface area contributed by atoms with Gasteiger partial charge in [0, 0.05) is 36.3 Å². The second-order valence-electron chi connectivity index (χ2n) is 13.4. The predicted octanol–water partition coefficient (Wildman–Crippen LogP) is 9.09. The molecule has 0 radical (unpaired) electrons. The van der Waals surface area contributed by atoms with E-state index in [9.17, 15) is 8.78 Å². The van der Waals surface area contributed by atoms with E-state index >= 15 is 0 Å². The number of halogens is 2. The molecule has 0 aliphatic heterocycles. The number of hydrogen-bond donors (Lipinski definition) is 1. The number of rotatable bonds is 14. The number of hydrogen-bond acceptors (Lipinski definition) is 5. The molecule has 0 saturated heterocycles. The summed E-state index contributed by atoms with van der Waals surface area (Å²) >= 11 is 0. The molecule has 7 nitrogen and oxygen atoms in total. The summed E-state index contributed by atoms with van der Waals surface area (Å²) in [7, 11) is 8.13. The van der Waals surface area contributed by atoms with Crippen LogP contribution < -0.4 is 9.47 Å². The average molecular weight is 705 g/mol. The Kier molecular flexibility index (Phi) is 12.1. The lowest BCUT2D eigenvalue weighted by atomic mass is 10.1. The van der Waals surface area contributed by atoms with Crippen LogP contribution in [-0.2, 0) is 32.6 Å². The van der Waals surface area contributed by atoms with Gasteiger partial charge in [-0.25, -0.2) is 8.78 Å². The van der Waals surface area contributed by atoms with E-state index in [1.165, 1.54) is 12.1 Å². The van der Waals surface area contributed by atoms with Crippen LogP contribution in [0.4, 0.5) is 8.78 Å². The third-order valence-electron chi connectivity index (χ3n) is 8.88. The molecule has 0 aliphatic carbocycles. The van der Waals surface area contributed by atoms with Gasteiger partial charge in [0.25, 0.3) is 0 Å². The number of aromatic amines is 1. The zero-order valence-corrected chi connectivity index (χ0v) is 30.2. The van der Waals surface area contributed by atoms with Crippen molar-refractivity contribution in [2.24, 2.45) is 0 Å². The van der Waals surface area contributed by atoms with Gasteiger partial charge in [-0.15, -0.1) is 0 Å². The Morgan fingerprint density at radius 3 is 1.81 bits per heavy atom. The first-order valence-corrected chi connectivity index (χ1v) is 17.5. The maximum atomic E-state index is 14.9. The average Bonchev–Trinajstić information content (AvgIpc) is 3.91. The molecule has 3 heterocycles. The largest absolute Gasteiger partial charge is 0.488 e. The van der Waals surface area contributed by atoms with Crippen molar-refractivity contribution in [2.45, 2.75) is 32.6 Å². The van der Waals surface area contributed by atoms with Gasteiger partial charge in [0.1, 0.15) is 42.1 Å². The van der Waals surface area contributed by atoms with Crippen molar-refractivity contribution in [1.29, 1.82) is 0 Å². The van der Waals surface area contributed by atoms with E-state index in [4.69, 9.17) is 13.9 Å². The number of benzene rings is 4. The Hall–Kier alpha value is -5.38. The standard InChI is InChI=1S/C24H25FN2O2.C19H21FN2O/c1-26(2)13-12-19-15-27(16-20-9-6-14-28-20)24-21(25)10-11-22(23(19)24)29-17-18-7-4-3-5-8-18;1-22(2)11-10-15-12-21-19-16(20)8-9-17(18(15)19)23-13-14-6-4-3-5-7-14/h3-11,14-15H,12-13,16-17H2,1-2H3;3-9,12,21H,10-11,13H2,1-2H3. The number of ether oxygens (including phenoxy) is 2. The van der Waals surface area contributed by atoms with Crippen molar-refractivity contribution in [3.05, 3.63) is 155 Å². The van der Waals surface area contributed by atoms with E-state index in [0.717, 1.165) is 70.5 Å². The quantitative estimate of drug-likeness (QED) is 0.122. The molecule has 0 fully saturated rings. The van der Waals surface area contributed by atoms with Crippen molar-refractivity contribution >= 4 is 21.8 Å². The van der Waals surface area contributed by atoms with Crippen molar-refractivity contribution in [2.75, 3.05) is 41.3 Å². The molecule has 0 amide bonds. The molecular weight excluding hydrogens is 658 g/mol. The molecular formula is C43H46F2N4O3. The Bertz CT molecular complexity index is 2160. The van der Waals surface area contributed by atoms with Crippen molar-refractivity contribution in [3.8, 4) is 11.5 Å². The molecule has 7 aromatic rings. The van der Waals surface area contributed by atoms with Crippen LogP contribution in [0.25, 0.3) is 21.8 Å². The first-order chi connectivity index (χ1) is 25.3. The van der Waals surface area contributed by atoms with Gasteiger partial charge in [-0.3, -0.25) is 0 Å². The van der Waals surface area contributed by atoms with Crippen LogP contribution in [0.1, 0.15) is 28.0 Å². The maximum Gasteiger partial charge on any atom is 0.147 e. The van der Waals surface area contributed by atoms with E-state index in [2.05, 4.69) is 14.8 Å². The Balaban J connectivity index is 0.000000183. The molecule has 0 saturated carbocycles. The molecule has 0 aliphatic rings. The molecule has 9 heteroatoms. The minimum absolute atomic E-state index is 0.247. The highest BCUT2D eigenvalue weighted by Gasteiger charge is 2.19. The number of furan rings is 1. The smallest absolute Gasteiger partial charge is 0.147 e. The molecule has 7 rings (SSSR count). The van der Waals surface area contributed by atoms with E-state index < -0.39 is 0 Å². The summed E-state index contributed by atoms with van der Waals surface area (Å²) < 4.78 is 48.5. The highest BCUT2D eigenvalue weighted by Crippen LogP contribution is 2.35. The van der Waals surface area contributed by atoms with E-state index in [1.54, 1.807) is 18.4 Å². The van der Waals surface area contributed by atoms with Crippen LogP contribution in [0.15, 0.2) is 120 Å². The summed E-state index contributed by atoms with van der Waals surface area (Å²) in [5.74, 6) is 1.71. The van der Waals surface area contributed by atoms with Crippen LogP contribution in [0.3, 0.4) is 0 Å². The third-order valence-corrected chi connectivity index (χ3v) is 8.88. The lowest BCUT2D eigenvalue weighted by Crippen LogP contribution is -2.15. The van der Waals surface area contributed by atoms with E-state index in [0.29, 0.717) is 36.5 Å². The molecule has 0 atom stereocenters. The summed E-state index contributed by atoms with van der Waals surface area (Å²) in [4.78, 5) is 7.28. The van der Waals surface area contributed by atoms with Crippen LogP contribution in [0, 0.1) is 11.6 Å². The van der Waals surface area contributed by atoms with Crippen molar-refractivity contribution < 1.29 is 22.7 Å². The van der Waals surface area contributed by atoms with Gasteiger partial charge >= 0.3 is 0 Å². The van der Waals surface area contributed by atoms with Crippen LogP contribution in [0.2, 0.25) is 0 Å². The second-order valence-corrected chi connectivity index (χ2v) is 13.4. The van der Waals surface area contributed by atoms with Gasteiger partial charge in [-0.1, -0.05) is 60.7 Å². The molecule has 52 heavy (non-hydrogen) atoms. The molecule has 0 bridgehead atoms. The van der Waals surface area contributed by atoms with E-state index in [-0.39, 0.29) is 11.6 Å². The summed E-state index contributed by atoms with van der Waals surface area (Å²) in [6, 6.07) is 30.1. The number of aromatic nitrogens is 2. The van der Waals surface area contributed by atoms with Gasteiger partial charge in [0.05, 0.1) is 23.8 Å². The highest BCUT2D eigenvalue weighted by molar-refractivity contribution is 5.91. The minimum atomic E-state index is -0.255. The fourth-order valence-corrected chi connectivity index (χ4v) is 6.19. The molecule has 0 unspecified atom stereocenters. The topological polar surface area (TPSA) is 58.8 Å². The van der Waals surface area contributed by atoms with Gasteiger partial charge in [-0.05, 0) is 99.7 Å². The van der Waals surface area contributed by atoms with Crippen molar-refractivity contribution in [1.82, 2.24) is 19.4 Å². The number of H-pyrrole nitrogens is 1. The van der Waals surface area contributed by atoms with Crippen molar-refractivity contribution in [3.63, 3.8) is 0 Å². The Morgan fingerprint density at radius 1 is 0.654 bits per heavy atom.